The SMILES string of the molecule is O=C(CCc1ccccc1)Nc1nc2ccc(C(F)(F)F)nc2n1C1=CC=C1. The Hall–Kier alpha value is -3.42. The van der Waals surface area contributed by atoms with Gasteiger partial charge in [0, 0.05) is 6.42 Å². The van der Waals surface area contributed by atoms with Crippen LogP contribution in [0.15, 0.2) is 60.7 Å². The van der Waals surface area contributed by atoms with Crippen molar-refractivity contribution in [3.8, 4) is 0 Å². The molecule has 0 saturated heterocycles. The third-order valence-electron chi connectivity index (χ3n) is 4.32. The minimum absolute atomic E-state index is 0.0452. The van der Waals surface area contributed by atoms with Crippen molar-refractivity contribution >= 4 is 28.7 Å². The number of nitrogens with zero attached hydrogens (tertiary/aromatic N) is 3. The number of anilines is 1. The Kier molecular flexibility index (Phi) is 4.46. The Bertz CT molecular complexity index is 1100. The van der Waals surface area contributed by atoms with E-state index < -0.39 is 11.9 Å². The summed E-state index contributed by atoms with van der Waals surface area (Å²) in [5.41, 5.74) is 0.934. The minimum Gasteiger partial charge on any atom is -0.296 e. The van der Waals surface area contributed by atoms with Crippen molar-refractivity contribution in [3.05, 3.63) is 72.0 Å². The molecule has 0 fully saturated rings. The summed E-state index contributed by atoms with van der Waals surface area (Å²) < 4.78 is 40.5. The van der Waals surface area contributed by atoms with E-state index in [9.17, 15) is 18.0 Å². The zero-order chi connectivity index (χ0) is 19.7. The highest BCUT2D eigenvalue weighted by Crippen LogP contribution is 2.32. The fourth-order valence-electron chi connectivity index (χ4n) is 2.86. The number of hydrogen-bond acceptors (Lipinski definition) is 3. The minimum atomic E-state index is -4.56. The summed E-state index contributed by atoms with van der Waals surface area (Å²) in [6.07, 6.45) is 1.38. The van der Waals surface area contributed by atoms with Gasteiger partial charge in [0.05, 0.1) is 5.70 Å². The maximum atomic E-state index is 13.0. The number of aromatic nitrogens is 3. The molecule has 0 radical (unpaired) electrons. The average Bonchev–Trinajstić information content (AvgIpc) is 2.96. The summed E-state index contributed by atoms with van der Waals surface area (Å²) in [5.74, 6) is -0.129. The van der Waals surface area contributed by atoms with Crippen LogP contribution in [0.1, 0.15) is 17.7 Å². The number of hydrogen-bond donors (Lipinski definition) is 1. The van der Waals surface area contributed by atoms with Crippen LogP contribution in [-0.4, -0.2) is 20.4 Å². The van der Waals surface area contributed by atoms with E-state index in [4.69, 9.17) is 0 Å². The van der Waals surface area contributed by atoms with Gasteiger partial charge in [0.15, 0.2) is 5.65 Å². The number of pyridine rings is 1. The lowest BCUT2D eigenvalue weighted by Gasteiger charge is -2.14. The lowest BCUT2D eigenvalue weighted by atomic mass is 10.1. The lowest BCUT2D eigenvalue weighted by Crippen LogP contribution is -2.17. The maximum absolute atomic E-state index is 13.0. The molecule has 0 saturated carbocycles. The number of alkyl halides is 3. The molecule has 28 heavy (non-hydrogen) atoms. The first-order chi connectivity index (χ1) is 13.4. The van der Waals surface area contributed by atoms with Gasteiger partial charge >= 0.3 is 6.18 Å². The fraction of sp³-hybridized carbons (Fsp3) is 0.150. The summed E-state index contributed by atoms with van der Waals surface area (Å²) in [4.78, 5) is 20.3. The molecule has 0 bridgehead atoms. The van der Waals surface area contributed by atoms with Crippen molar-refractivity contribution in [2.24, 2.45) is 0 Å². The number of carbonyl (C=O) groups is 1. The van der Waals surface area contributed by atoms with Gasteiger partial charge in [-0.05, 0) is 36.3 Å². The van der Waals surface area contributed by atoms with Crippen LogP contribution >= 0.6 is 0 Å². The summed E-state index contributed by atoms with van der Waals surface area (Å²) >= 11 is 0. The van der Waals surface area contributed by atoms with E-state index in [-0.39, 0.29) is 29.4 Å². The van der Waals surface area contributed by atoms with E-state index in [1.807, 2.05) is 30.3 Å². The first-order valence-electron chi connectivity index (χ1n) is 8.61. The molecule has 0 atom stereocenters. The molecule has 4 rings (SSSR count). The van der Waals surface area contributed by atoms with Crippen molar-refractivity contribution in [2.45, 2.75) is 19.0 Å². The molecule has 2 heterocycles. The first-order valence-corrected chi connectivity index (χ1v) is 8.61. The Labute approximate surface area is 158 Å². The third-order valence-corrected chi connectivity index (χ3v) is 4.32. The molecule has 2 aromatic heterocycles. The number of imidazole rings is 1. The molecule has 3 aromatic rings. The van der Waals surface area contributed by atoms with E-state index in [1.54, 1.807) is 18.2 Å². The van der Waals surface area contributed by atoms with Crippen molar-refractivity contribution in [1.82, 2.24) is 14.5 Å². The van der Waals surface area contributed by atoms with Gasteiger partial charge in [-0.1, -0.05) is 36.4 Å². The number of carbonyl (C=O) groups excluding carboxylic acids is 1. The van der Waals surface area contributed by atoms with E-state index >= 15 is 0 Å². The molecule has 1 aliphatic rings. The van der Waals surface area contributed by atoms with Crippen LogP contribution in [0.4, 0.5) is 19.1 Å². The number of fused-ring (bicyclic) bond motifs is 1. The van der Waals surface area contributed by atoms with Crippen LogP contribution < -0.4 is 5.32 Å². The molecule has 1 amide bonds. The number of nitrogens with one attached hydrogen (secondary N) is 1. The van der Waals surface area contributed by atoms with Crippen LogP contribution in [0.25, 0.3) is 16.9 Å². The topological polar surface area (TPSA) is 59.8 Å². The third kappa shape index (κ3) is 3.53. The van der Waals surface area contributed by atoms with E-state index in [0.29, 0.717) is 12.1 Å². The number of rotatable bonds is 5. The zero-order valence-electron chi connectivity index (χ0n) is 14.6. The molecule has 0 unspecified atom stereocenters. The van der Waals surface area contributed by atoms with Crippen LogP contribution in [0, 0.1) is 0 Å². The van der Waals surface area contributed by atoms with Crippen molar-refractivity contribution < 1.29 is 18.0 Å². The Morgan fingerprint density at radius 3 is 2.46 bits per heavy atom. The Morgan fingerprint density at radius 1 is 1.07 bits per heavy atom. The summed E-state index contributed by atoms with van der Waals surface area (Å²) in [6, 6.07) is 11.7. The summed E-state index contributed by atoms with van der Waals surface area (Å²) in [6.45, 7) is 0. The summed E-state index contributed by atoms with van der Waals surface area (Å²) in [5, 5.41) is 2.69. The number of benzene rings is 1. The van der Waals surface area contributed by atoms with Gasteiger partial charge in [-0.15, -0.1) is 0 Å². The van der Waals surface area contributed by atoms with Gasteiger partial charge in [0.25, 0.3) is 0 Å². The molecule has 1 aromatic carbocycles. The van der Waals surface area contributed by atoms with Crippen LogP contribution in [-0.2, 0) is 17.4 Å². The predicted octanol–water partition coefficient (Wildman–Crippen LogP) is 4.43. The second-order valence-electron chi connectivity index (χ2n) is 6.29. The predicted molar refractivity (Wildman–Crippen MR) is 99.3 cm³/mol. The molecular formula is C20H15F3N4O. The standard InChI is InChI=1S/C20H15F3N4O/c21-20(22,23)16-11-10-15-18(25-16)27(14-7-4-8-14)19(24-15)26-17(28)12-9-13-5-2-1-3-6-13/h1-8,10-11H,9,12H2,(H,24,26,28). The van der Waals surface area contributed by atoms with Crippen molar-refractivity contribution in [3.63, 3.8) is 0 Å². The van der Waals surface area contributed by atoms with E-state index in [2.05, 4.69) is 15.3 Å². The molecule has 8 heteroatoms. The normalized spacial score (nSPS) is 13.3. The second kappa shape index (κ2) is 6.95. The zero-order valence-corrected chi connectivity index (χ0v) is 14.6. The quantitative estimate of drug-likeness (QED) is 0.708. The second-order valence-corrected chi connectivity index (χ2v) is 6.29. The van der Waals surface area contributed by atoms with Crippen molar-refractivity contribution in [1.29, 1.82) is 0 Å². The number of amides is 1. The summed E-state index contributed by atoms with van der Waals surface area (Å²) in [7, 11) is 0. The van der Waals surface area contributed by atoms with Gasteiger partial charge in [-0.3, -0.25) is 14.7 Å². The number of halogens is 3. The van der Waals surface area contributed by atoms with Gasteiger partial charge in [-0.25, -0.2) is 9.97 Å². The highest BCUT2D eigenvalue weighted by Gasteiger charge is 2.33. The molecule has 142 valence electrons. The van der Waals surface area contributed by atoms with Crippen molar-refractivity contribution in [2.75, 3.05) is 5.32 Å². The van der Waals surface area contributed by atoms with E-state index in [1.165, 1.54) is 10.6 Å². The molecule has 1 aliphatic carbocycles. The lowest BCUT2D eigenvalue weighted by molar-refractivity contribution is -0.141. The molecule has 0 spiro atoms. The molecule has 0 aliphatic heterocycles. The van der Waals surface area contributed by atoms with Gasteiger partial charge in [-0.2, -0.15) is 13.2 Å². The average molecular weight is 384 g/mol. The van der Waals surface area contributed by atoms with E-state index in [0.717, 1.165) is 11.6 Å². The largest absolute Gasteiger partial charge is 0.433 e. The monoisotopic (exact) mass is 384 g/mol. The Balaban J connectivity index is 1.62. The molecule has 1 N–H and O–H groups in total. The fourth-order valence-corrected chi connectivity index (χ4v) is 2.86. The highest BCUT2D eigenvalue weighted by atomic mass is 19.4. The van der Waals surface area contributed by atoms with Crippen LogP contribution in [0.3, 0.4) is 0 Å². The smallest absolute Gasteiger partial charge is 0.296 e. The number of aryl methyl sites for hydroxylation is 1. The van der Waals surface area contributed by atoms with Crippen LogP contribution in [0.5, 0.6) is 0 Å². The number of allylic oxidation sites excluding steroid dienone is 4. The highest BCUT2D eigenvalue weighted by molar-refractivity contribution is 5.93. The van der Waals surface area contributed by atoms with Gasteiger partial charge in [0.1, 0.15) is 11.2 Å². The Morgan fingerprint density at radius 2 is 1.82 bits per heavy atom. The maximum Gasteiger partial charge on any atom is 0.433 e. The molecular weight excluding hydrogens is 369 g/mol. The van der Waals surface area contributed by atoms with Gasteiger partial charge in [0.2, 0.25) is 11.9 Å². The van der Waals surface area contributed by atoms with Crippen LogP contribution in [0.2, 0.25) is 0 Å². The first kappa shape index (κ1) is 18.0. The van der Waals surface area contributed by atoms with Gasteiger partial charge < -0.3 is 0 Å². The molecule has 5 nitrogen and oxygen atoms in total.